The van der Waals surface area contributed by atoms with Crippen LogP contribution in [0.15, 0.2) is 11.0 Å². The summed E-state index contributed by atoms with van der Waals surface area (Å²) in [6.07, 6.45) is 0. The summed E-state index contributed by atoms with van der Waals surface area (Å²) in [5.41, 5.74) is 3.54. The van der Waals surface area contributed by atoms with E-state index in [0.29, 0.717) is 44.2 Å². The summed E-state index contributed by atoms with van der Waals surface area (Å²) in [6.45, 7) is 12.0. The number of amides is 3. The SMILES string of the molecule is Cc1cc(C)c(C)c(S(=O)(=O)N2CC[NH+]([C@H](C)C(=O)N3CCNC3=O)CC2)c1C. The molecule has 2 aliphatic rings. The van der Waals surface area contributed by atoms with E-state index in [-0.39, 0.29) is 18.0 Å². The van der Waals surface area contributed by atoms with Gasteiger partial charge >= 0.3 is 6.03 Å². The fourth-order valence-corrected chi connectivity index (χ4v) is 6.25. The van der Waals surface area contributed by atoms with Gasteiger partial charge in [0.1, 0.15) is 0 Å². The summed E-state index contributed by atoms with van der Waals surface area (Å²) < 4.78 is 28.3. The number of hydrogen-bond acceptors (Lipinski definition) is 4. The van der Waals surface area contributed by atoms with E-state index < -0.39 is 10.0 Å². The zero-order valence-electron chi connectivity index (χ0n) is 17.8. The second-order valence-electron chi connectivity index (χ2n) is 8.10. The number of carbonyl (C=O) groups is 2. The number of aryl methyl sites for hydroxylation is 2. The minimum absolute atomic E-state index is 0.202. The Morgan fingerprint density at radius 1 is 1.07 bits per heavy atom. The van der Waals surface area contributed by atoms with Crippen molar-refractivity contribution in [3.63, 3.8) is 0 Å². The number of hydrogen-bond donors (Lipinski definition) is 2. The normalized spacial score (nSPS) is 20.0. The van der Waals surface area contributed by atoms with Crippen LogP contribution in [0.4, 0.5) is 4.79 Å². The molecule has 1 atom stereocenters. The second-order valence-corrected chi connectivity index (χ2v) is 9.97. The Bertz CT molecular complexity index is 910. The van der Waals surface area contributed by atoms with Crippen LogP contribution in [0.1, 0.15) is 29.2 Å². The molecule has 0 bridgehead atoms. The van der Waals surface area contributed by atoms with Gasteiger partial charge in [-0.1, -0.05) is 6.07 Å². The molecule has 2 heterocycles. The van der Waals surface area contributed by atoms with Crippen LogP contribution in [0.5, 0.6) is 0 Å². The van der Waals surface area contributed by atoms with Gasteiger partial charge in [0, 0.05) is 13.1 Å². The molecule has 1 aromatic rings. The van der Waals surface area contributed by atoms with E-state index in [9.17, 15) is 18.0 Å². The first-order valence-electron chi connectivity index (χ1n) is 10.1. The van der Waals surface area contributed by atoms with Crippen molar-refractivity contribution in [1.29, 1.82) is 0 Å². The first-order valence-corrected chi connectivity index (χ1v) is 11.5. The van der Waals surface area contributed by atoms with Gasteiger partial charge in [-0.3, -0.25) is 9.69 Å². The maximum Gasteiger partial charge on any atom is 0.324 e. The lowest BCUT2D eigenvalue weighted by Gasteiger charge is -2.35. The number of piperazine rings is 1. The lowest BCUT2D eigenvalue weighted by atomic mass is 10.0. The van der Waals surface area contributed by atoms with Gasteiger partial charge in [0.15, 0.2) is 6.04 Å². The molecule has 1 aromatic carbocycles. The average molecular weight is 424 g/mol. The number of nitrogens with zero attached hydrogens (tertiary/aromatic N) is 2. The van der Waals surface area contributed by atoms with Crippen LogP contribution in [-0.2, 0) is 14.8 Å². The molecule has 0 unspecified atom stereocenters. The van der Waals surface area contributed by atoms with E-state index in [0.717, 1.165) is 27.2 Å². The van der Waals surface area contributed by atoms with Crippen LogP contribution in [0.3, 0.4) is 0 Å². The van der Waals surface area contributed by atoms with Crippen LogP contribution >= 0.6 is 0 Å². The molecule has 8 nitrogen and oxygen atoms in total. The molecule has 0 aromatic heterocycles. The van der Waals surface area contributed by atoms with E-state index >= 15 is 0 Å². The zero-order valence-corrected chi connectivity index (χ0v) is 18.6. The molecule has 2 aliphatic heterocycles. The summed E-state index contributed by atoms with van der Waals surface area (Å²) in [5, 5.41) is 2.64. The molecule has 0 saturated carbocycles. The van der Waals surface area contributed by atoms with Crippen molar-refractivity contribution in [2.45, 2.75) is 45.6 Å². The molecule has 3 amide bonds. The van der Waals surface area contributed by atoms with Crippen LogP contribution in [0.2, 0.25) is 0 Å². The summed E-state index contributed by atoms with van der Waals surface area (Å²) in [5.74, 6) is -0.202. The molecule has 2 N–H and O–H groups in total. The van der Waals surface area contributed by atoms with Crippen molar-refractivity contribution >= 4 is 22.0 Å². The Hall–Kier alpha value is -1.97. The Labute approximate surface area is 172 Å². The Kier molecular flexibility index (Phi) is 6.03. The highest BCUT2D eigenvalue weighted by Crippen LogP contribution is 2.28. The predicted octanol–water partition coefficient (Wildman–Crippen LogP) is -0.250. The minimum Gasteiger partial charge on any atom is -0.336 e. The van der Waals surface area contributed by atoms with Gasteiger partial charge in [0.2, 0.25) is 10.0 Å². The molecular weight excluding hydrogens is 392 g/mol. The third-order valence-corrected chi connectivity index (χ3v) is 8.54. The zero-order chi connectivity index (χ0) is 21.5. The molecule has 9 heteroatoms. The van der Waals surface area contributed by atoms with E-state index in [1.54, 1.807) is 0 Å². The number of benzene rings is 1. The van der Waals surface area contributed by atoms with Crippen molar-refractivity contribution in [3.8, 4) is 0 Å². The fraction of sp³-hybridized carbons (Fsp3) is 0.600. The van der Waals surface area contributed by atoms with Gasteiger partial charge in [-0.05, 0) is 56.9 Å². The first-order chi connectivity index (χ1) is 13.6. The molecular formula is C20H31N4O4S+. The van der Waals surface area contributed by atoms with Gasteiger partial charge in [-0.15, -0.1) is 0 Å². The molecule has 2 fully saturated rings. The third kappa shape index (κ3) is 3.91. The Balaban J connectivity index is 1.74. The quantitative estimate of drug-likeness (QED) is 0.699. The van der Waals surface area contributed by atoms with Gasteiger partial charge < -0.3 is 10.2 Å². The van der Waals surface area contributed by atoms with E-state index in [4.69, 9.17) is 0 Å². The van der Waals surface area contributed by atoms with Gasteiger partial charge in [0.25, 0.3) is 5.91 Å². The van der Waals surface area contributed by atoms with Crippen LogP contribution < -0.4 is 10.2 Å². The number of imide groups is 1. The first kappa shape index (κ1) is 21.7. The highest BCUT2D eigenvalue weighted by Gasteiger charge is 2.39. The van der Waals surface area contributed by atoms with Crippen molar-refractivity contribution in [1.82, 2.24) is 14.5 Å². The number of quaternary nitrogens is 1. The van der Waals surface area contributed by atoms with Crippen molar-refractivity contribution in [2.75, 3.05) is 39.3 Å². The number of rotatable bonds is 4. The highest BCUT2D eigenvalue weighted by molar-refractivity contribution is 7.89. The van der Waals surface area contributed by atoms with E-state index in [2.05, 4.69) is 5.32 Å². The molecule has 3 rings (SSSR count). The van der Waals surface area contributed by atoms with Crippen molar-refractivity contribution < 1.29 is 22.9 Å². The van der Waals surface area contributed by atoms with Gasteiger partial charge in [-0.2, -0.15) is 4.31 Å². The second kappa shape index (κ2) is 8.04. The number of carbonyl (C=O) groups excluding carboxylic acids is 2. The number of urea groups is 1. The number of nitrogens with one attached hydrogen (secondary N) is 2. The average Bonchev–Trinajstić information content (AvgIpc) is 3.11. The van der Waals surface area contributed by atoms with Gasteiger partial charge in [0.05, 0.1) is 31.1 Å². The number of sulfonamides is 1. The predicted molar refractivity (Wildman–Crippen MR) is 109 cm³/mol. The maximum absolute atomic E-state index is 13.4. The van der Waals surface area contributed by atoms with Crippen LogP contribution in [0.25, 0.3) is 0 Å². The van der Waals surface area contributed by atoms with E-state index in [1.807, 2.05) is 40.7 Å². The molecule has 0 radical (unpaired) electrons. The molecule has 160 valence electrons. The topological polar surface area (TPSA) is 91.2 Å². The van der Waals surface area contributed by atoms with Gasteiger partial charge in [-0.25, -0.2) is 13.2 Å². The van der Waals surface area contributed by atoms with Crippen LogP contribution in [0, 0.1) is 27.7 Å². The summed E-state index contributed by atoms with van der Waals surface area (Å²) >= 11 is 0. The Morgan fingerprint density at radius 3 is 2.10 bits per heavy atom. The molecule has 2 saturated heterocycles. The van der Waals surface area contributed by atoms with Crippen molar-refractivity contribution in [3.05, 3.63) is 28.3 Å². The Morgan fingerprint density at radius 2 is 1.62 bits per heavy atom. The van der Waals surface area contributed by atoms with Crippen LogP contribution in [-0.4, -0.2) is 74.9 Å². The lowest BCUT2D eigenvalue weighted by Crippen LogP contribution is -3.19. The maximum atomic E-state index is 13.4. The third-order valence-electron chi connectivity index (χ3n) is 6.37. The summed E-state index contributed by atoms with van der Waals surface area (Å²) in [7, 11) is -3.60. The standard InChI is InChI=1S/C20H30N4O4S/c1-13-12-14(2)16(4)18(15(13)3)29(27,28)23-10-8-22(9-11-23)17(5)19(25)24-7-6-21-20(24)26/h12,17H,6-11H2,1-5H3,(H,21,26)/p+1/t17-/m1/s1. The lowest BCUT2D eigenvalue weighted by molar-refractivity contribution is -0.917. The van der Waals surface area contributed by atoms with Crippen molar-refractivity contribution in [2.24, 2.45) is 0 Å². The smallest absolute Gasteiger partial charge is 0.324 e. The van der Waals surface area contributed by atoms with E-state index in [1.165, 1.54) is 9.21 Å². The highest BCUT2D eigenvalue weighted by atomic mass is 32.2. The molecule has 0 aliphatic carbocycles. The minimum atomic E-state index is -3.60. The molecule has 29 heavy (non-hydrogen) atoms. The molecule has 0 spiro atoms. The largest absolute Gasteiger partial charge is 0.336 e. The monoisotopic (exact) mass is 423 g/mol. The fourth-order valence-electron chi connectivity index (χ4n) is 4.23. The summed E-state index contributed by atoms with van der Waals surface area (Å²) in [4.78, 5) is 27.1. The summed E-state index contributed by atoms with van der Waals surface area (Å²) in [6, 6.07) is 1.30.